The van der Waals surface area contributed by atoms with Gasteiger partial charge >= 0.3 is 5.97 Å². The van der Waals surface area contributed by atoms with Gasteiger partial charge in [0.25, 0.3) is 0 Å². The molecule has 0 amide bonds. The van der Waals surface area contributed by atoms with E-state index >= 15 is 0 Å². The summed E-state index contributed by atoms with van der Waals surface area (Å²) in [5.74, 6) is -0.939. The lowest BCUT2D eigenvalue weighted by Crippen LogP contribution is -2.27. The minimum atomic E-state index is -3.35. The average Bonchev–Trinajstić information content (AvgIpc) is 3.30. The van der Waals surface area contributed by atoms with Gasteiger partial charge in [0, 0.05) is 17.5 Å². The first kappa shape index (κ1) is 19.1. The van der Waals surface area contributed by atoms with Gasteiger partial charge in [-0.2, -0.15) is 0 Å². The van der Waals surface area contributed by atoms with Crippen LogP contribution in [-0.4, -0.2) is 44.7 Å². The van der Waals surface area contributed by atoms with Crippen molar-refractivity contribution in [1.82, 2.24) is 5.16 Å². The number of hydrogen-bond acceptors (Lipinski definition) is 7. The molecule has 0 bridgehead atoms. The van der Waals surface area contributed by atoms with E-state index in [4.69, 9.17) is 9.26 Å². The lowest BCUT2D eigenvalue weighted by molar-refractivity contribution is -0.141. The Balaban J connectivity index is 1.39. The van der Waals surface area contributed by atoms with Crippen LogP contribution in [0.15, 0.2) is 47.0 Å². The second-order valence-corrected chi connectivity index (χ2v) is 8.72. The smallest absolute Gasteiger partial charge is 0.312 e. The van der Waals surface area contributed by atoms with E-state index in [1.807, 2.05) is 6.07 Å². The summed E-state index contributed by atoms with van der Waals surface area (Å²) in [4.78, 5) is 24.5. The number of Topliss-reactive ketones (excluding diaryl/α,β-unsaturated/α-hetero) is 1. The van der Waals surface area contributed by atoms with Crippen LogP contribution in [0.5, 0.6) is 0 Å². The summed E-state index contributed by atoms with van der Waals surface area (Å²) in [5.41, 5.74) is 2.77. The normalized spacial score (nSPS) is 13.5. The van der Waals surface area contributed by atoms with Crippen molar-refractivity contribution in [2.24, 2.45) is 0 Å². The van der Waals surface area contributed by atoms with E-state index in [9.17, 15) is 18.0 Å². The molecule has 2 aromatic carbocycles. The fraction of sp³-hybridized carbons (Fsp3) is 0.250. The first-order valence-corrected chi connectivity index (χ1v) is 10.8. The van der Waals surface area contributed by atoms with E-state index in [0.29, 0.717) is 35.5 Å². The van der Waals surface area contributed by atoms with Gasteiger partial charge in [-0.15, -0.1) is 0 Å². The molecule has 1 aromatic heterocycles. The van der Waals surface area contributed by atoms with Crippen LogP contribution in [0.1, 0.15) is 21.6 Å². The predicted molar refractivity (Wildman–Crippen MR) is 105 cm³/mol. The van der Waals surface area contributed by atoms with E-state index in [2.05, 4.69) is 5.16 Å². The third-order valence-electron chi connectivity index (χ3n) is 4.78. The molecule has 3 aromatic rings. The number of rotatable bonds is 6. The van der Waals surface area contributed by atoms with E-state index in [1.54, 1.807) is 36.4 Å². The Hall–Kier alpha value is -3.20. The minimum absolute atomic E-state index is 0.0994. The van der Waals surface area contributed by atoms with Crippen LogP contribution in [0.2, 0.25) is 0 Å². The summed E-state index contributed by atoms with van der Waals surface area (Å²) < 4.78 is 35.2. The Morgan fingerprint density at radius 3 is 2.79 bits per heavy atom. The predicted octanol–water partition coefficient (Wildman–Crippen LogP) is 2.12. The van der Waals surface area contributed by atoms with Gasteiger partial charge in [-0.05, 0) is 42.3 Å². The number of carbonyl (C=O) groups is 2. The highest BCUT2D eigenvalue weighted by atomic mass is 32.2. The number of hydrogen-bond donors (Lipinski definition) is 0. The number of fused-ring (bicyclic) bond motifs is 2. The second kappa shape index (κ2) is 7.32. The number of ether oxygens (including phenoxy) is 1. The fourth-order valence-corrected chi connectivity index (χ4v) is 4.33. The van der Waals surface area contributed by atoms with Gasteiger partial charge in [0.05, 0.1) is 18.4 Å². The molecule has 0 fully saturated rings. The molecule has 1 aliphatic heterocycles. The zero-order valence-electron chi connectivity index (χ0n) is 15.6. The van der Waals surface area contributed by atoms with Crippen LogP contribution in [0.4, 0.5) is 5.69 Å². The molecule has 1 aliphatic rings. The van der Waals surface area contributed by atoms with E-state index < -0.39 is 22.6 Å². The fourth-order valence-electron chi connectivity index (χ4n) is 3.37. The summed E-state index contributed by atoms with van der Waals surface area (Å²) in [6.45, 7) is -0.0460. The molecular weight excluding hydrogens is 396 g/mol. The zero-order chi connectivity index (χ0) is 20.6. The molecule has 9 heteroatoms. The minimum Gasteiger partial charge on any atom is -0.457 e. The van der Waals surface area contributed by atoms with Crippen molar-refractivity contribution in [3.63, 3.8) is 0 Å². The number of anilines is 1. The molecule has 8 nitrogen and oxygen atoms in total. The third kappa shape index (κ3) is 3.86. The maximum atomic E-state index is 12.4. The average molecular weight is 414 g/mol. The summed E-state index contributed by atoms with van der Waals surface area (Å²) in [6.07, 6.45) is 1.58. The summed E-state index contributed by atoms with van der Waals surface area (Å²) in [7, 11) is -3.35. The highest BCUT2D eigenvalue weighted by Gasteiger charge is 2.27. The molecule has 4 rings (SSSR count). The maximum absolute atomic E-state index is 12.4. The van der Waals surface area contributed by atoms with Crippen LogP contribution in [0.3, 0.4) is 0 Å². The molecule has 29 heavy (non-hydrogen) atoms. The van der Waals surface area contributed by atoms with E-state index in [1.165, 1.54) is 4.31 Å². The first-order valence-electron chi connectivity index (χ1n) is 8.95. The molecule has 0 radical (unpaired) electrons. The number of ketones is 1. The largest absolute Gasteiger partial charge is 0.457 e. The van der Waals surface area contributed by atoms with Gasteiger partial charge in [0.2, 0.25) is 10.0 Å². The van der Waals surface area contributed by atoms with Crippen LogP contribution in [0, 0.1) is 0 Å². The number of esters is 1. The Labute approximate surface area is 167 Å². The van der Waals surface area contributed by atoms with E-state index in [-0.39, 0.29) is 12.2 Å². The van der Waals surface area contributed by atoms with Gasteiger partial charge in [-0.1, -0.05) is 17.3 Å². The van der Waals surface area contributed by atoms with Crippen LogP contribution in [0.25, 0.3) is 11.0 Å². The van der Waals surface area contributed by atoms with Crippen LogP contribution >= 0.6 is 0 Å². The Bertz CT molecular complexity index is 1210. The number of para-hydroxylation sites is 1. The molecule has 0 saturated heterocycles. The molecule has 0 unspecified atom stereocenters. The second-order valence-electron chi connectivity index (χ2n) is 6.81. The Morgan fingerprint density at radius 1 is 1.21 bits per heavy atom. The monoisotopic (exact) mass is 414 g/mol. The van der Waals surface area contributed by atoms with Gasteiger partial charge in [-0.3, -0.25) is 13.9 Å². The van der Waals surface area contributed by atoms with Crippen molar-refractivity contribution in [3.8, 4) is 0 Å². The number of aromatic nitrogens is 1. The first-order chi connectivity index (χ1) is 13.8. The molecule has 0 aliphatic carbocycles. The number of benzene rings is 2. The van der Waals surface area contributed by atoms with Gasteiger partial charge in [0.15, 0.2) is 18.0 Å². The molecule has 0 N–H and O–H groups in total. The Morgan fingerprint density at radius 2 is 2.00 bits per heavy atom. The molecular formula is C20H18N2O6S. The van der Waals surface area contributed by atoms with Crippen molar-refractivity contribution in [2.45, 2.75) is 12.8 Å². The molecule has 0 saturated carbocycles. The summed E-state index contributed by atoms with van der Waals surface area (Å²) in [6, 6.07) is 12.0. The van der Waals surface area contributed by atoms with Gasteiger partial charge in [-0.25, -0.2) is 8.42 Å². The molecule has 0 atom stereocenters. The quantitative estimate of drug-likeness (QED) is 0.449. The van der Waals surface area contributed by atoms with Crippen LogP contribution < -0.4 is 4.31 Å². The maximum Gasteiger partial charge on any atom is 0.312 e. The highest BCUT2D eigenvalue weighted by Crippen LogP contribution is 2.30. The molecule has 2 heterocycles. The molecule has 150 valence electrons. The van der Waals surface area contributed by atoms with Crippen molar-refractivity contribution < 1.29 is 27.3 Å². The lowest BCUT2D eigenvalue weighted by atomic mass is 10.1. The standard InChI is InChI=1S/C20H18N2O6S/c1-29(25,26)22-9-8-13-10-14(6-7-17(13)22)18(23)12-27-20(24)11-16-15-4-2-3-5-19(15)28-21-16/h2-7,10H,8-9,11-12H2,1H3. The highest BCUT2D eigenvalue weighted by molar-refractivity contribution is 7.92. The van der Waals surface area contributed by atoms with E-state index in [0.717, 1.165) is 17.2 Å². The van der Waals surface area contributed by atoms with Gasteiger partial charge in [0.1, 0.15) is 5.69 Å². The van der Waals surface area contributed by atoms with Crippen LogP contribution in [-0.2, 0) is 32.4 Å². The number of nitrogens with zero attached hydrogens (tertiary/aromatic N) is 2. The van der Waals surface area contributed by atoms with Crippen molar-refractivity contribution >= 4 is 38.4 Å². The number of carbonyl (C=O) groups excluding carboxylic acids is 2. The SMILES string of the molecule is CS(=O)(=O)N1CCc2cc(C(=O)COC(=O)Cc3noc4ccccc34)ccc21. The van der Waals surface area contributed by atoms with Gasteiger partial charge < -0.3 is 9.26 Å². The van der Waals surface area contributed by atoms with Crippen molar-refractivity contribution in [1.29, 1.82) is 0 Å². The summed E-state index contributed by atoms with van der Waals surface area (Å²) >= 11 is 0. The van der Waals surface area contributed by atoms with Crippen molar-refractivity contribution in [3.05, 3.63) is 59.3 Å². The molecule has 0 spiro atoms. The lowest BCUT2D eigenvalue weighted by Gasteiger charge is -2.16. The third-order valence-corrected chi connectivity index (χ3v) is 5.96. The van der Waals surface area contributed by atoms with Crippen molar-refractivity contribution in [2.75, 3.05) is 23.7 Å². The number of sulfonamides is 1. The zero-order valence-corrected chi connectivity index (χ0v) is 16.4. The topological polar surface area (TPSA) is 107 Å². The Kier molecular flexibility index (Phi) is 4.83. The summed E-state index contributed by atoms with van der Waals surface area (Å²) in [5, 5.41) is 4.60.